The molecule has 0 bridgehead atoms. The van der Waals surface area contributed by atoms with Crippen LogP contribution in [-0.2, 0) is 47.6 Å². The Kier molecular flexibility index (Phi) is 15.8. The number of aliphatic hydroxyl groups excluding tert-OH is 1. The van der Waals surface area contributed by atoms with E-state index in [0.717, 1.165) is 16.5 Å². The predicted molar refractivity (Wildman–Crippen MR) is 231 cm³/mol. The Hall–Kier alpha value is -4.28. The molecule has 3 fully saturated rings. The first-order valence-corrected chi connectivity index (χ1v) is 21.9. The van der Waals surface area contributed by atoms with Gasteiger partial charge in [-0.25, -0.2) is 4.79 Å². The summed E-state index contributed by atoms with van der Waals surface area (Å²) in [6.07, 6.45) is -0.303. The van der Waals surface area contributed by atoms with E-state index in [1.165, 1.54) is 6.92 Å². The van der Waals surface area contributed by atoms with E-state index in [0.29, 0.717) is 6.42 Å². The molecule has 2 N–H and O–H groups in total. The molecular weight excluding hydrogens is 799 g/mol. The molecule has 342 valence electrons. The Morgan fingerprint density at radius 2 is 1.76 bits per heavy atom. The molecule has 3 aliphatic heterocycles. The van der Waals surface area contributed by atoms with Gasteiger partial charge in [-0.2, -0.15) is 0 Å². The number of cyclic esters (lactones) is 1. The lowest BCUT2D eigenvalue weighted by molar-refractivity contribution is -0.297. The molecule has 13 atom stereocenters. The second kappa shape index (κ2) is 20.0. The second-order valence-electron chi connectivity index (χ2n) is 18.2. The highest BCUT2D eigenvalue weighted by Crippen LogP contribution is 2.43. The lowest BCUT2D eigenvalue weighted by Gasteiger charge is -2.48. The van der Waals surface area contributed by atoms with Gasteiger partial charge in [0.1, 0.15) is 23.4 Å². The number of aromatic nitrogens is 1. The summed E-state index contributed by atoms with van der Waals surface area (Å²) in [5, 5.41) is 15.5. The van der Waals surface area contributed by atoms with Crippen molar-refractivity contribution in [1.29, 1.82) is 0 Å². The number of Topliss-reactive ketones (excluding diaryl/α,β-unsaturated/α-hetero) is 2. The van der Waals surface area contributed by atoms with Gasteiger partial charge >= 0.3 is 18.0 Å². The third-order valence-corrected chi connectivity index (χ3v) is 13.2. The number of amides is 1. The van der Waals surface area contributed by atoms with Crippen LogP contribution >= 0.6 is 0 Å². The average molecular weight is 866 g/mol. The monoisotopic (exact) mass is 865 g/mol. The van der Waals surface area contributed by atoms with Crippen molar-refractivity contribution in [2.75, 3.05) is 27.3 Å². The quantitative estimate of drug-likeness (QED) is 0.147. The molecule has 1 aromatic heterocycles. The second-order valence-corrected chi connectivity index (χ2v) is 18.2. The van der Waals surface area contributed by atoms with Gasteiger partial charge in [-0.3, -0.25) is 24.2 Å². The van der Waals surface area contributed by atoms with Crippen molar-refractivity contribution >= 4 is 46.6 Å². The Morgan fingerprint density at radius 1 is 1.05 bits per heavy atom. The summed E-state index contributed by atoms with van der Waals surface area (Å²) in [6.45, 7) is 15.3. The number of para-hydroxylation sites is 1. The number of rotatable bonds is 12. The SMILES string of the molecule is CCOC(=O)CCC1(C)C(=O)O[C@H](CC)[C@@]2(C)OC(=O)NC2[C@@H](C)C(=O)[C@H](C)C[C@](C)(OC/C=C/c2cnc3ccccc3c2)[C@H](O[C@@H]2O[C@H](C)C[C@H](N(C)C)[C@H]2O)[C@@H](C)C1=O. The minimum Gasteiger partial charge on any atom is -0.466 e. The maximum absolute atomic E-state index is 15.4. The number of aliphatic hydroxyl groups is 1. The maximum Gasteiger partial charge on any atom is 0.408 e. The highest BCUT2D eigenvalue weighted by Gasteiger charge is 2.59. The number of likely N-dealkylation sites (N-methyl/N-ethyl adjacent to an activating group) is 1. The highest BCUT2D eigenvalue weighted by molar-refractivity contribution is 6.05. The fraction of sp³-hybridized carbons (Fsp3) is 0.660. The topological polar surface area (TPSA) is 189 Å². The van der Waals surface area contributed by atoms with Crippen molar-refractivity contribution in [3.05, 3.63) is 48.2 Å². The molecule has 15 nitrogen and oxygen atoms in total. The minimum absolute atomic E-state index is 0.00366. The molecule has 15 heteroatoms. The van der Waals surface area contributed by atoms with Gasteiger partial charge in [-0.05, 0) is 92.1 Å². The number of fused-ring (bicyclic) bond motifs is 2. The molecule has 0 spiro atoms. The van der Waals surface area contributed by atoms with E-state index < -0.39 is 88.8 Å². The first-order valence-electron chi connectivity index (χ1n) is 21.9. The van der Waals surface area contributed by atoms with Crippen LogP contribution in [0.5, 0.6) is 0 Å². The fourth-order valence-electron chi connectivity index (χ4n) is 9.64. The molecule has 0 aliphatic carbocycles. The first-order chi connectivity index (χ1) is 29.2. The van der Waals surface area contributed by atoms with E-state index in [-0.39, 0.29) is 56.8 Å². The van der Waals surface area contributed by atoms with Gasteiger partial charge in [-0.1, -0.05) is 58.0 Å². The summed E-state index contributed by atoms with van der Waals surface area (Å²) >= 11 is 0. The van der Waals surface area contributed by atoms with E-state index >= 15 is 4.79 Å². The van der Waals surface area contributed by atoms with E-state index in [2.05, 4.69) is 10.3 Å². The molecule has 2 unspecified atom stereocenters. The summed E-state index contributed by atoms with van der Waals surface area (Å²) in [5.41, 5.74) is -3.27. The number of hydrogen-bond donors (Lipinski definition) is 2. The molecule has 3 saturated heterocycles. The Balaban J connectivity index is 1.64. The van der Waals surface area contributed by atoms with Crippen LogP contribution in [0.1, 0.15) is 100.0 Å². The smallest absolute Gasteiger partial charge is 0.408 e. The zero-order valence-electron chi connectivity index (χ0n) is 38.2. The largest absolute Gasteiger partial charge is 0.466 e. The summed E-state index contributed by atoms with van der Waals surface area (Å²) in [4.78, 5) is 77.0. The molecule has 5 rings (SSSR count). The third-order valence-electron chi connectivity index (χ3n) is 13.2. The number of nitrogens with zero attached hydrogens (tertiary/aromatic N) is 2. The Morgan fingerprint density at radius 3 is 2.44 bits per heavy atom. The van der Waals surface area contributed by atoms with E-state index in [4.69, 9.17) is 28.4 Å². The molecule has 0 radical (unpaired) electrons. The fourth-order valence-corrected chi connectivity index (χ4v) is 9.64. The standard InChI is InChI=1S/C47H67N3O12/c1-12-35-47(9)39(49-44(56)62-47)29(5)37(52)27(3)25-46(8,58-22-16-17-31-24-32-18-14-15-19-33(32)48-26-31)41(61-42-38(53)34(50(10)11)23-28(4)59-42)30(6)40(54)45(7,43(55)60-35)21-20-36(51)57-13-2/h14-19,24,26-30,34-35,38-39,41-42,53H,12-13,20-23,25H2,1-11H3,(H,49,56)/b17-16+/t27-,28-,29+,30+,34+,35-,38-,39?,41-,42+,45?,46+,47-/m1/s1. The van der Waals surface area contributed by atoms with Crippen LogP contribution in [0.15, 0.2) is 42.6 Å². The van der Waals surface area contributed by atoms with Crippen LogP contribution in [0, 0.1) is 23.2 Å². The predicted octanol–water partition coefficient (Wildman–Crippen LogP) is 5.82. The Labute approximate surface area is 365 Å². The zero-order valence-corrected chi connectivity index (χ0v) is 38.2. The third kappa shape index (κ3) is 10.4. The van der Waals surface area contributed by atoms with Crippen molar-refractivity contribution in [3.8, 4) is 0 Å². The maximum atomic E-state index is 15.4. The van der Waals surface area contributed by atoms with Gasteiger partial charge in [0, 0.05) is 41.8 Å². The number of ether oxygens (including phenoxy) is 6. The summed E-state index contributed by atoms with van der Waals surface area (Å²) in [7, 11) is 3.70. The van der Waals surface area contributed by atoms with Crippen LogP contribution in [0.2, 0.25) is 0 Å². The minimum atomic E-state index is -1.96. The summed E-state index contributed by atoms with van der Waals surface area (Å²) < 4.78 is 37.2. The van der Waals surface area contributed by atoms with E-state index in [9.17, 15) is 24.3 Å². The van der Waals surface area contributed by atoms with Crippen molar-refractivity contribution < 1.29 is 57.5 Å². The van der Waals surface area contributed by atoms with Gasteiger partial charge in [-0.15, -0.1) is 0 Å². The number of hydrogen-bond acceptors (Lipinski definition) is 14. The summed E-state index contributed by atoms with van der Waals surface area (Å²) in [6, 6.07) is 8.48. The number of ketones is 2. The number of benzene rings is 1. The normalized spacial score (nSPS) is 36.2. The molecule has 1 aromatic carbocycles. The van der Waals surface area contributed by atoms with Crippen LogP contribution in [0.3, 0.4) is 0 Å². The van der Waals surface area contributed by atoms with Crippen molar-refractivity contribution in [1.82, 2.24) is 15.2 Å². The molecule has 3 aliphatic rings. The van der Waals surface area contributed by atoms with E-state index in [1.54, 1.807) is 60.7 Å². The molecule has 2 aromatic rings. The van der Waals surface area contributed by atoms with Gasteiger partial charge in [0.2, 0.25) is 0 Å². The zero-order chi connectivity index (χ0) is 45.7. The molecule has 4 heterocycles. The van der Waals surface area contributed by atoms with Crippen LogP contribution in [0.4, 0.5) is 4.79 Å². The molecule has 0 saturated carbocycles. The van der Waals surface area contributed by atoms with E-state index in [1.807, 2.05) is 62.3 Å². The number of esters is 2. The number of nitrogens with one attached hydrogen (secondary N) is 1. The molecule has 62 heavy (non-hydrogen) atoms. The average Bonchev–Trinajstić information content (AvgIpc) is 3.55. The van der Waals surface area contributed by atoms with Crippen LogP contribution in [-0.4, -0.2) is 126 Å². The van der Waals surface area contributed by atoms with Crippen molar-refractivity contribution in [3.63, 3.8) is 0 Å². The summed E-state index contributed by atoms with van der Waals surface area (Å²) in [5.74, 6) is -5.17. The Bertz CT molecular complexity index is 1970. The van der Waals surface area contributed by atoms with Gasteiger partial charge < -0.3 is 43.7 Å². The number of carbonyl (C=O) groups is 5. The van der Waals surface area contributed by atoms with Gasteiger partial charge in [0.05, 0.1) is 42.6 Å². The molecule has 1 amide bonds. The number of alkyl carbamates (subject to hydrolysis) is 1. The first kappa shape index (κ1) is 48.7. The molecular formula is C47H67N3O12. The van der Waals surface area contributed by atoms with Gasteiger partial charge in [0.15, 0.2) is 17.7 Å². The number of carbonyl (C=O) groups excluding carboxylic acids is 5. The van der Waals surface area contributed by atoms with Crippen LogP contribution < -0.4 is 5.32 Å². The van der Waals surface area contributed by atoms with Crippen molar-refractivity contribution in [2.45, 2.75) is 148 Å². The number of pyridine rings is 1. The lowest BCUT2D eigenvalue weighted by Crippen LogP contribution is -2.61. The van der Waals surface area contributed by atoms with Crippen molar-refractivity contribution in [2.24, 2.45) is 23.2 Å². The highest BCUT2D eigenvalue weighted by atomic mass is 16.7. The van der Waals surface area contributed by atoms with Gasteiger partial charge in [0.25, 0.3) is 0 Å². The van der Waals surface area contributed by atoms with Crippen LogP contribution in [0.25, 0.3) is 17.0 Å². The lowest BCUT2D eigenvalue weighted by atomic mass is 9.70.